The summed E-state index contributed by atoms with van der Waals surface area (Å²) in [6, 6.07) is 0. The van der Waals surface area contributed by atoms with Crippen molar-refractivity contribution in [2.75, 3.05) is 20.1 Å². The van der Waals surface area contributed by atoms with Crippen LogP contribution in [0.15, 0.2) is 6.20 Å². The summed E-state index contributed by atoms with van der Waals surface area (Å²) >= 11 is 0. The molecule has 1 rings (SSSR count). The van der Waals surface area contributed by atoms with E-state index in [1.807, 2.05) is 10.9 Å². The lowest BCUT2D eigenvalue weighted by Crippen LogP contribution is -2.19. The van der Waals surface area contributed by atoms with Crippen LogP contribution < -0.4 is 5.73 Å². The smallest absolute Gasteiger partial charge is 0.0967 e. The van der Waals surface area contributed by atoms with Gasteiger partial charge in [-0.2, -0.15) is 0 Å². The van der Waals surface area contributed by atoms with Crippen molar-refractivity contribution in [3.05, 3.63) is 11.9 Å². The van der Waals surface area contributed by atoms with E-state index in [0.29, 0.717) is 6.54 Å². The van der Waals surface area contributed by atoms with Gasteiger partial charge in [0.05, 0.1) is 5.69 Å². The van der Waals surface area contributed by atoms with E-state index in [0.717, 1.165) is 31.7 Å². The predicted molar refractivity (Wildman–Crippen MR) is 64.9 cm³/mol. The monoisotopic (exact) mass is 225 g/mol. The summed E-state index contributed by atoms with van der Waals surface area (Å²) in [6.07, 6.45) is 5.43. The maximum atomic E-state index is 5.45. The van der Waals surface area contributed by atoms with Crippen molar-refractivity contribution in [3.63, 3.8) is 0 Å². The van der Waals surface area contributed by atoms with Crippen LogP contribution in [-0.2, 0) is 13.1 Å². The molecular formula is C11H23N5. The maximum absolute atomic E-state index is 5.45. The maximum Gasteiger partial charge on any atom is 0.0967 e. The molecule has 0 fully saturated rings. The molecule has 16 heavy (non-hydrogen) atoms. The first-order valence-corrected chi connectivity index (χ1v) is 6.04. The molecule has 1 aromatic rings. The van der Waals surface area contributed by atoms with E-state index in [9.17, 15) is 0 Å². The zero-order valence-corrected chi connectivity index (χ0v) is 10.4. The van der Waals surface area contributed by atoms with E-state index in [1.165, 1.54) is 12.8 Å². The highest BCUT2D eigenvalue weighted by Gasteiger charge is 2.04. The Morgan fingerprint density at radius 2 is 2.25 bits per heavy atom. The molecule has 5 heteroatoms. The van der Waals surface area contributed by atoms with Gasteiger partial charge in [-0.3, -0.25) is 4.68 Å². The van der Waals surface area contributed by atoms with Crippen LogP contribution in [0.1, 0.15) is 31.9 Å². The minimum atomic E-state index is 0.700. The van der Waals surface area contributed by atoms with Gasteiger partial charge in [0.2, 0.25) is 0 Å². The largest absolute Gasteiger partial charge is 0.330 e. The fourth-order valence-electron chi connectivity index (χ4n) is 1.56. The Balaban J connectivity index is 2.33. The Morgan fingerprint density at radius 1 is 1.44 bits per heavy atom. The number of aromatic nitrogens is 3. The third-order valence-electron chi connectivity index (χ3n) is 2.50. The number of nitrogens with two attached hydrogens (primary N) is 1. The molecule has 0 unspecified atom stereocenters. The molecule has 0 aliphatic carbocycles. The summed E-state index contributed by atoms with van der Waals surface area (Å²) in [5, 5.41) is 8.22. The van der Waals surface area contributed by atoms with Crippen molar-refractivity contribution in [1.82, 2.24) is 19.9 Å². The molecule has 0 aromatic carbocycles. The molecule has 0 bridgehead atoms. The van der Waals surface area contributed by atoms with Gasteiger partial charge in [0.1, 0.15) is 0 Å². The zero-order valence-electron chi connectivity index (χ0n) is 10.4. The highest BCUT2D eigenvalue weighted by molar-refractivity contribution is 4.91. The Bertz CT molecular complexity index is 284. The van der Waals surface area contributed by atoms with Gasteiger partial charge in [0.15, 0.2) is 0 Å². The van der Waals surface area contributed by atoms with Crippen molar-refractivity contribution in [1.29, 1.82) is 0 Å². The van der Waals surface area contributed by atoms with Crippen LogP contribution in [0.2, 0.25) is 0 Å². The Labute approximate surface area is 97.6 Å². The van der Waals surface area contributed by atoms with Gasteiger partial charge in [-0.1, -0.05) is 18.6 Å². The molecule has 2 N–H and O–H groups in total. The van der Waals surface area contributed by atoms with Crippen molar-refractivity contribution in [2.45, 2.75) is 39.3 Å². The molecule has 1 aromatic heterocycles. The second-order valence-corrected chi connectivity index (χ2v) is 4.21. The van der Waals surface area contributed by atoms with Gasteiger partial charge in [0.25, 0.3) is 0 Å². The molecular weight excluding hydrogens is 202 g/mol. The second kappa shape index (κ2) is 7.35. The fourth-order valence-corrected chi connectivity index (χ4v) is 1.56. The average Bonchev–Trinajstić information content (AvgIpc) is 2.71. The van der Waals surface area contributed by atoms with Gasteiger partial charge in [-0.05, 0) is 33.0 Å². The number of hydrogen-bond donors (Lipinski definition) is 1. The molecule has 0 aliphatic rings. The van der Waals surface area contributed by atoms with Crippen molar-refractivity contribution in [3.8, 4) is 0 Å². The van der Waals surface area contributed by atoms with E-state index < -0.39 is 0 Å². The van der Waals surface area contributed by atoms with Gasteiger partial charge in [-0.25, -0.2) is 0 Å². The number of unbranched alkanes of at least 4 members (excludes halogenated alkanes) is 1. The Morgan fingerprint density at radius 3 is 2.94 bits per heavy atom. The SMILES string of the molecule is CCCCN(C)Cc1cn(CCCN)nn1. The lowest BCUT2D eigenvalue weighted by molar-refractivity contribution is 0.317. The first-order chi connectivity index (χ1) is 7.76. The minimum absolute atomic E-state index is 0.700. The van der Waals surface area contributed by atoms with Crippen LogP contribution in [0.3, 0.4) is 0 Å². The third kappa shape index (κ3) is 4.72. The molecule has 0 amide bonds. The summed E-state index contributed by atoms with van der Waals surface area (Å²) in [5.74, 6) is 0. The quantitative estimate of drug-likeness (QED) is 0.713. The van der Waals surface area contributed by atoms with Crippen molar-refractivity contribution in [2.24, 2.45) is 5.73 Å². The van der Waals surface area contributed by atoms with Crippen molar-refractivity contribution < 1.29 is 0 Å². The molecule has 5 nitrogen and oxygen atoms in total. The lowest BCUT2D eigenvalue weighted by Gasteiger charge is -2.13. The fraction of sp³-hybridized carbons (Fsp3) is 0.818. The second-order valence-electron chi connectivity index (χ2n) is 4.21. The normalized spacial score (nSPS) is 11.2. The van der Waals surface area contributed by atoms with E-state index in [1.54, 1.807) is 0 Å². The summed E-state index contributed by atoms with van der Waals surface area (Å²) in [5.41, 5.74) is 6.49. The lowest BCUT2D eigenvalue weighted by atomic mass is 10.3. The van der Waals surface area contributed by atoms with Gasteiger partial charge in [-0.15, -0.1) is 5.10 Å². The Hall–Kier alpha value is -0.940. The molecule has 0 saturated heterocycles. The molecule has 0 saturated carbocycles. The van der Waals surface area contributed by atoms with Crippen LogP contribution in [0, 0.1) is 0 Å². The Kier molecular flexibility index (Phi) is 6.03. The van der Waals surface area contributed by atoms with E-state index in [4.69, 9.17) is 5.73 Å². The number of nitrogens with zero attached hydrogens (tertiary/aromatic N) is 4. The first-order valence-electron chi connectivity index (χ1n) is 6.04. The van der Waals surface area contributed by atoms with Gasteiger partial charge < -0.3 is 10.6 Å². The van der Waals surface area contributed by atoms with E-state index in [-0.39, 0.29) is 0 Å². The number of rotatable bonds is 8. The highest BCUT2D eigenvalue weighted by atomic mass is 15.4. The average molecular weight is 225 g/mol. The molecule has 0 radical (unpaired) electrons. The summed E-state index contributed by atoms with van der Waals surface area (Å²) in [4.78, 5) is 2.28. The van der Waals surface area contributed by atoms with E-state index in [2.05, 4.69) is 29.2 Å². The van der Waals surface area contributed by atoms with E-state index >= 15 is 0 Å². The molecule has 0 atom stereocenters. The zero-order chi connectivity index (χ0) is 11.8. The van der Waals surface area contributed by atoms with Crippen molar-refractivity contribution >= 4 is 0 Å². The highest BCUT2D eigenvalue weighted by Crippen LogP contribution is 2.00. The topological polar surface area (TPSA) is 60.0 Å². The van der Waals surface area contributed by atoms with Crippen LogP contribution in [0.4, 0.5) is 0 Å². The molecule has 0 spiro atoms. The molecule has 1 heterocycles. The number of hydrogen-bond acceptors (Lipinski definition) is 4. The molecule has 92 valence electrons. The summed E-state index contributed by atoms with van der Waals surface area (Å²) < 4.78 is 1.87. The standard InChI is InChI=1S/C11H23N5/c1-3-4-7-15(2)9-11-10-16(14-13-11)8-5-6-12/h10H,3-9,12H2,1-2H3. The summed E-state index contributed by atoms with van der Waals surface area (Å²) in [6.45, 7) is 5.76. The van der Waals surface area contributed by atoms with Gasteiger partial charge >= 0.3 is 0 Å². The van der Waals surface area contributed by atoms with Crippen LogP contribution in [-0.4, -0.2) is 40.0 Å². The van der Waals surface area contributed by atoms with Crippen LogP contribution >= 0.6 is 0 Å². The van der Waals surface area contributed by atoms with Crippen LogP contribution in [0.5, 0.6) is 0 Å². The summed E-state index contributed by atoms with van der Waals surface area (Å²) in [7, 11) is 2.12. The molecule has 0 aliphatic heterocycles. The third-order valence-corrected chi connectivity index (χ3v) is 2.50. The van der Waals surface area contributed by atoms with Crippen LogP contribution in [0.25, 0.3) is 0 Å². The van der Waals surface area contributed by atoms with Gasteiger partial charge in [0, 0.05) is 19.3 Å². The predicted octanol–water partition coefficient (Wildman–Crippen LogP) is 0.859. The minimum Gasteiger partial charge on any atom is -0.330 e. The number of aryl methyl sites for hydroxylation is 1. The first kappa shape index (κ1) is 13.1.